The van der Waals surface area contributed by atoms with Gasteiger partial charge in [-0.2, -0.15) is 0 Å². The number of carbonyl (C=O) groups is 1. The van der Waals surface area contributed by atoms with Crippen molar-refractivity contribution < 1.29 is 9.53 Å². The molecule has 0 radical (unpaired) electrons. The maximum atomic E-state index is 12.3. The highest BCUT2D eigenvalue weighted by atomic mass is 16.5. The zero-order valence-electron chi connectivity index (χ0n) is 13.1. The first-order valence-electron chi connectivity index (χ1n) is 7.40. The minimum atomic E-state index is 0.113. The van der Waals surface area contributed by atoms with Crippen LogP contribution in [0.1, 0.15) is 18.9 Å². The van der Waals surface area contributed by atoms with E-state index in [0.717, 1.165) is 42.9 Å². The van der Waals surface area contributed by atoms with Gasteiger partial charge in [0.2, 0.25) is 5.91 Å². The van der Waals surface area contributed by atoms with E-state index in [0.29, 0.717) is 5.92 Å². The molecule has 1 saturated heterocycles. The van der Waals surface area contributed by atoms with Crippen LogP contribution in [0.25, 0.3) is 5.57 Å². The molecule has 1 aromatic rings. The standard InChI is InChI=1S/C17H24N2O2/c1-13(15-4-6-16(21-3)7-5-15)10-17(20)19-9-8-14(12-19)11-18-2/h4-7,10,14,18H,8-9,11-12H2,1-3H3/b13-10-. The number of ether oxygens (including phenoxy) is 1. The smallest absolute Gasteiger partial charge is 0.246 e. The van der Waals surface area contributed by atoms with Crippen LogP contribution in [0.3, 0.4) is 0 Å². The molecule has 0 saturated carbocycles. The molecule has 1 unspecified atom stereocenters. The first kappa shape index (κ1) is 15.6. The van der Waals surface area contributed by atoms with Crippen molar-refractivity contribution in [2.45, 2.75) is 13.3 Å². The van der Waals surface area contributed by atoms with Gasteiger partial charge in [0.15, 0.2) is 0 Å². The van der Waals surface area contributed by atoms with Gasteiger partial charge in [-0.25, -0.2) is 0 Å². The third-order valence-electron chi connectivity index (χ3n) is 3.98. The zero-order chi connectivity index (χ0) is 15.2. The van der Waals surface area contributed by atoms with E-state index in [1.54, 1.807) is 13.2 Å². The maximum absolute atomic E-state index is 12.3. The predicted octanol–water partition coefficient (Wildman–Crippen LogP) is 2.17. The summed E-state index contributed by atoms with van der Waals surface area (Å²) in [6.45, 7) is 4.66. The Bertz CT molecular complexity index is 508. The molecule has 2 rings (SSSR count). The average Bonchev–Trinajstić information content (AvgIpc) is 2.96. The Hall–Kier alpha value is -1.81. The van der Waals surface area contributed by atoms with Gasteiger partial charge in [-0.05, 0) is 56.1 Å². The van der Waals surface area contributed by atoms with Gasteiger partial charge in [0.05, 0.1) is 7.11 Å². The molecule has 21 heavy (non-hydrogen) atoms. The molecule has 1 amide bonds. The topological polar surface area (TPSA) is 41.6 Å². The van der Waals surface area contributed by atoms with Gasteiger partial charge in [-0.3, -0.25) is 4.79 Å². The van der Waals surface area contributed by atoms with Crippen LogP contribution in [-0.4, -0.2) is 44.6 Å². The van der Waals surface area contributed by atoms with Crippen molar-refractivity contribution in [2.75, 3.05) is 33.8 Å². The molecule has 1 N–H and O–H groups in total. The monoisotopic (exact) mass is 288 g/mol. The van der Waals surface area contributed by atoms with Crippen LogP contribution >= 0.6 is 0 Å². The lowest BCUT2D eigenvalue weighted by molar-refractivity contribution is -0.125. The second kappa shape index (κ2) is 7.27. The van der Waals surface area contributed by atoms with Crippen molar-refractivity contribution in [2.24, 2.45) is 5.92 Å². The first-order chi connectivity index (χ1) is 10.1. The number of allylic oxidation sites excluding steroid dienone is 1. The largest absolute Gasteiger partial charge is 0.497 e. The van der Waals surface area contributed by atoms with Crippen LogP contribution in [0.2, 0.25) is 0 Å². The SMILES string of the molecule is CNCC1CCN(C(=O)/C=C(/C)c2ccc(OC)cc2)C1. The lowest BCUT2D eigenvalue weighted by atomic mass is 10.1. The van der Waals surface area contributed by atoms with Crippen LogP contribution in [0.5, 0.6) is 5.75 Å². The Morgan fingerprint density at radius 3 is 2.76 bits per heavy atom. The van der Waals surface area contributed by atoms with Crippen molar-refractivity contribution in [1.29, 1.82) is 0 Å². The summed E-state index contributed by atoms with van der Waals surface area (Å²) >= 11 is 0. The Labute approximate surface area is 126 Å². The third-order valence-corrected chi connectivity index (χ3v) is 3.98. The number of nitrogens with zero attached hydrogens (tertiary/aromatic N) is 1. The lowest BCUT2D eigenvalue weighted by Gasteiger charge is -2.15. The fraction of sp³-hybridized carbons (Fsp3) is 0.471. The number of hydrogen-bond acceptors (Lipinski definition) is 3. The molecule has 0 aromatic heterocycles. The number of rotatable bonds is 5. The fourth-order valence-corrected chi connectivity index (χ4v) is 2.70. The van der Waals surface area contributed by atoms with E-state index in [4.69, 9.17) is 4.74 Å². The normalized spacial score (nSPS) is 18.9. The van der Waals surface area contributed by atoms with Gasteiger partial charge < -0.3 is 15.0 Å². The summed E-state index contributed by atoms with van der Waals surface area (Å²) in [7, 11) is 3.61. The number of nitrogens with one attached hydrogen (secondary N) is 1. The molecule has 1 aliphatic rings. The molecular weight excluding hydrogens is 264 g/mol. The molecule has 1 aromatic carbocycles. The number of benzene rings is 1. The first-order valence-corrected chi connectivity index (χ1v) is 7.40. The van der Waals surface area contributed by atoms with E-state index in [1.807, 2.05) is 43.1 Å². The number of hydrogen-bond donors (Lipinski definition) is 1. The third kappa shape index (κ3) is 4.08. The molecule has 4 nitrogen and oxygen atoms in total. The minimum absolute atomic E-state index is 0.113. The van der Waals surface area contributed by atoms with Gasteiger partial charge in [0.1, 0.15) is 5.75 Å². The average molecular weight is 288 g/mol. The Balaban J connectivity index is 1.99. The summed E-state index contributed by atoms with van der Waals surface area (Å²) in [5.74, 6) is 1.52. The minimum Gasteiger partial charge on any atom is -0.497 e. The van der Waals surface area contributed by atoms with E-state index < -0.39 is 0 Å². The fourth-order valence-electron chi connectivity index (χ4n) is 2.70. The van der Waals surface area contributed by atoms with E-state index >= 15 is 0 Å². The Kier molecular flexibility index (Phi) is 5.39. The van der Waals surface area contributed by atoms with Crippen LogP contribution in [-0.2, 0) is 4.79 Å². The van der Waals surface area contributed by atoms with Gasteiger partial charge in [-0.1, -0.05) is 12.1 Å². The Morgan fingerprint density at radius 1 is 1.43 bits per heavy atom. The molecule has 1 aliphatic heterocycles. The van der Waals surface area contributed by atoms with Crippen LogP contribution in [0, 0.1) is 5.92 Å². The van der Waals surface area contributed by atoms with Crippen molar-refractivity contribution >= 4 is 11.5 Å². The van der Waals surface area contributed by atoms with Crippen LogP contribution in [0.15, 0.2) is 30.3 Å². The summed E-state index contributed by atoms with van der Waals surface area (Å²) < 4.78 is 5.15. The summed E-state index contributed by atoms with van der Waals surface area (Å²) in [6, 6.07) is 7.78. The molecule has 114 valence electrons. The lowest BCUT2D eigenvalue weighted by Crippen LogP contribution is -2.29. The molecule has 1 heterocycles. The molecule has 4 heteroatoms. The molecule has 1 atom stereocenters. The van der Waals surface area contributed by atoms with Gasteiger partial charge in [0.25, 0.3) is 0 Å². The second-order valence-electron chi connectivity index (χ2n) is 5.55. The van der Waals surface area contributed by atoms with Crippen molar-refractivity contribution in [3.63, 3.8) is 0 Å². The zero-order valence-corrected chi connectivity index (χ0v) is 13.1. The summed E-state index contributed by atoms with van der Waals surface area (Å²) in [5, 5.41) is 3.18. The summed E-state index contributed by atoms with van der Waals surface area (Å²) in [5.41, 5.74) is 2.04. The molecule has 0 spiro atoms. The van der Waals surface area contributed by atoms with E-state index in [1.165, 1.54) is 0 Å². The number of likely N-dealkylation sites (tertiary alicyclic amines) is 1. The number of carbonyl (C=O) groups excluding carboxylic acids is 1. The second-order valence-corrected chi connectivity index (χ2v) is 5.55. The summed E-state index contributed by atoms with van der Waals surface area (Å²) in [4.78, 5) is 14.2. The van der Waals surface area contributed by atoms with Crippen molar-refractivity contribution in [1.82, 2.24) is 10.2 Å². The molecule has 0 aliphatic carbocycles. The number of methoxy groups -OCH3 is 1. The van der Waals surface area contributed by atoms with E-state index in [2.05, 4.69) is 5.32 Å². The molecular formula is C17H24N2O2. The van der Waals surface area contributed by atoms with Gasteiger partial charge in [-0.15, -0.1) is 0 Å². The van der Waals surface area contributed by atoms with E-state index in [-0.39, 0.29) is 5.91 Å². The highest BCUT2D eigenvalue weighted by Gasteiger charge is 2.24. The van der Waals surface area contributed by atoms with Crippen molar-refractivity contribution in [3.05, 3.63) is 35.9 Å². The quantitative estimate of drug-likeness (QED) is 0.844. The molecule has 0 bridgehead atoms. The maximum Gasteiger partial charge on any atom is 0.246 e. The van der Waals surface area contributed by atoms with Gasteiger partial charge >= 0.3 is 0 Å². The van der Waals surface area contributed by atoms with Crippen LogP contribution in [0.4, 0.5) is 0 Å². The highest BCUT2D eigenvalue weighted by molar-refractivity contribution is 5.95. The Morgan fingerprint density at radius 2 is 2.14 bits per heavy atom. The number of amides is 1. The van der Waals surface area contributed by atoms with Crippen LogP contribution < -0.4 is 10.1 Å². The highest BCUT2D eigenvalue weighted by Crippen LogP contribution is 2.20. The summed E-state index contributed by atoms with van der Waals surface area (Å²) in [6.07, 6.45) is 2.82. The molecule has 1 fully saturated rings. The van der Waals surface area contributed by atoms with E-state index in [9.17, 15) is 4.79 Å². The van der Waals surface area contributed by atoms with Gasteiger partial charge in [0, 0.05) is 19.2 Å². The predicted molar refractivity (Wildman–Crippen MR) is 85.3 cm³/mol. The van der Waals surface area contributed by atoms with Crippen molar-refractivity contribution in [3.8, 4) is 5.75 Å².